The molecule has 1 aromatic heterocycles. The summed E-state index contributed by atoms with van der Waals surface area (Å²) in [6.45, 7) is 6.37. The lowest BCUT2D eigenvalue weighted by Gasteiger charge is -2.35. The summed E-state index contributed by atoms with van der Waals surface area (Å²) in [4.78, 5) is 20.9. The van der Waals surface area contributed by atoms with Crippen molar-refractivity contribution >= 4 is 11.8 Å². The van der Waals surface area contributed by atoms with Gasteiger partial charge >= 0.3 is 5.97 Å². The van der Waals surface area contributed by atoms with E-state index in [9.17, 15) is 4.79 Å². The van der Waals surface area contributed by atoms with Crippen molar-refractivity contribution in [1.82, 2.24) is 9.88 Å². The normalized spacial score (nSPS) is 13.8. The first-order valence-electron chi connectivity index (χ1n) is 11.5. The molecule has 0 saturated carbocycles. The summed E-state index contributed by atoms with van der Waals surface area (Å²) in [6, 6.07) is 21.6. The van der Waals surface area contributed by atoms with Gasteiger partial charge in [-0.1, -0.05) is 24.3 Å². The number of ether oxygens (including phenoxy) is 2. The molecule has 34 heavy (non-hydrogen) atoms. The highest BCUT2D eigenvalue weighted by Crippen LogP contribution is 2.29. The Balaban J connectivity index is 1.51. The molecule has 3 aromatic rings. The van der Waals surface area contributed by atoms with E-state index in [0.29, 0.717) is 17.9 Å². The molecule has 0 N–H and O–H groups in total. The Kier molecular flexibility index (Phi) is 7.74. The highest BCUT2D eigenvalue weighted by Gasteiger charge is 2.20. The summed E-state index contributed by atoms with van der Waals surface area (Å²) in [7, 11) is 0. The highest BCUT2D eigenvalue weighted by atomic mass is 16.6. The second kappa shape index (κ2) is 11.3. The van der Waals surface area contributed by atoms with Gasteiger partial charge < -0.3 is 14.4 Å². The lowest BCUT2D eigenvalue weighted by molar-refractivity contribution is -0.145. The molecule has 1 aliphatic heterocycles. The first-order valence-corrected chi connectivity index (χ1v) is 11.5. The summed E-state index contributed by atoms with van der Waals surface area (Å²) < 4.78 is 10.7. The van der Waals surface area contributed by atoms with Crippen molar-refractivity contribution in [3.05, 3.63) is 78.0 Å². The maximum atomic E-state index is 11.7. The topological polar surface area (TPSA) is 78.7 Å². The van der Waals surface area contributed by atoms with Crippen LogP contribution in [0.2, 0.25) is 0 Å². The Morgan fingerprint density at radius 1 is 1.06 bits per heavy atom. The van der Waals surface area contributed by atoms with Crippen molar-refractivity contribution in [2.75, 3.05) is 44.3 Å². The van der Waals surface area contributed by atoms with Crippen LogP contribution in [0.3, 0.4) is 0 Å². The first-order chi connectivity index (χ1) is 16.7. The van der Waals surface area contributed by atoms with E-state index in [-0.39, 0.29) is 12.6 Å². The van der Waals surface area contributed by atoms with E-state index >= 15 is 0 Å². The Morgan fingerprint density at radius 2 is 1.85 bits per heavy atom. The molecule has 1 fully saturated rings. The minimum Gasteiger partial charge on any atom is -0.482 e. The predicted octanol–water partition coefficient (Wildman–Crippen LogP) is 3.88. The van der Waals surface area contributed by atoms with Gasteiger partial charge in [-0.3, -0.25) is 4.90 Å². The SMILES string of the molecule is CCOC(=O)COc1ccc(-c2ccc(C#N)cc2)c(CN2CCN(c3ccccn3)CC2)c1. The Morgan fingerprint density at radius 3 is 2.53 bits per heavy atom. The summed E-state index contributed by atoms with van der Waals surface area (Å²) in [5.41, 5.74) is 3.86. The lowest BCUT2D eigenvalue weighted by atomic mass is 9.98. The van der Waals surface area contributed by atoms with Gasteiger partial charge in [0.1, 0.15) is 11.6 Å². The zero-order valence-corrected chi connectivity index (χ0v) is 19.3. The molecular formula is C27H28N4O3. The van der Waals surface area contributed by atoms with Crippen LogP contribution in [0.4, 0.5) is 5.82 Å². The van der Waals surface area contributed by atoms with Crippen molar-refractivity contribution in [2.45, 2.75) is 13.5 Å². The van der Waals surface area contributed by atoms with Crippen molar-refractivity contribution in [3.63, 3.8) is 0 Å². The molecule has 0 spiro atoms. The summed E-state index contributed by atoms with van der Waals surface area (Å²) in [5.74, 6) is 1.26. The van der Waals surface area contributed by atoms with Crippen LogP contribution in [0.25, 0.3) is 11.1 Å². The maximum Gasteiger partial charge on any atom is 0.344 e. The standard InChI is InChI=1S/C27H28N4O3/c1-2-33-27(32)20-34-24-10-11-25(22-8-6-21(18-28)7-9-22)23(17-24)19-30-13-15-31(16-14-30)26-5-3-4-12-29-26/h3-12,17H,2,13-16,19-20H2,1H3. The summed E-state index contributed by atoms with van der Waals surface area (Å²) in [5, 5.41) is 9.13. The van der Waals surface area contributed by atoms with Crippen LogP contribution in [0.1, 0.15) is 18.1 Å². The molecule has 1 saturated heterocycles. The molecule has 1 aliphatic rings. The van der Waals surface area contributed by atoms with E-state index in [1.54, 1.807) is 6.92 Å². The minimum atomic E-state index is -0.383. The van der Waals surface area contributed by atoms with Crippen molar-refractivity contribution in [3.8, 4) is 22.9 Å². The molecule has 0 unspecified atom stereocenters. The quantitative estimate of drug-likeness (QED) is 0.476. The summed E-state index contributed by atoms with van der Waals surface area (Å²) >= 11 is 0. The van der Waals surface area contributed by atoms with E-state index in [2.05, 4.69) is 20.9 Å². The zero-order valence-electron chi connectivity index (χ0n) is 19.3. The Labute approximate surface area is 200 Å². The van der Waals surface area contributed by atoms with Crippen LogP contribution in [-0.4, -0.2) is 55.2 Å². The van der Waals surface area contributed by atoms with Gasteiger partial charge in [-0.15, -0.1) is 0 Å². The zero-order chi connectivity index (χ0) is 23.8. The third-order valence-corrected chi connectivity index (χ3v) is 5.80. The number of carbonyl (C=O) groups excluding carboxylic acids is 1. The van der Waals surface area contributed by atoms with Gasteiger partial charge in [0.25, 0.3) is 0 Å². The van der Waals surface area contributed by atoms with E-state index in [4.69, 9.17) is 14.7 Å². The summed E-state index contributed by atoms with van der Waals surface area (Å²) in [6.07, 6.45) is 1.83. The van der Waals surface area contributed by atoms with Crippen molar-refractivity contribution < 1.29 is 14.3 Å². The fourth-order valence-corrected chi connectivity index (χ4v) is 4.06. The van der Waals surface area contributed by atoms with Crippen LogP contribution < -0.4 is 9.64 Å². The smallest absolute Gasteiger partial charge is 0.344 e. The van der Waals surface area contributed by atoms with Gasteiger partial charge in [-0.25, -0.2) is 9.78 Å². The molecule has 174 valence electrons. The van der Waals surface area contributed by atoms with Gasteiger partial charge in [0.2, 0.25) is 0 Å². The Bertz CT molecular complexity index is 1130. The van der Waals surface area contributed by atoms with E-state index < -0.39 is 0 Å². The van der Waals surface area contributed by atoms with Gasteiger partial charge in [-0.2, -0.15) is 5.26 Å². The molecule has 7 heteroatoms. The van der Waals surface area contributed by atoms with Gasteiger partial charge in [0.15, 0.2) is 6.61 Å². The molecule has 0 atom stereocenters. The maximum absolute atomic E-state index is 11.7. The van der Waals surface area contributed by atoms with Crippen molar-refractivity contribution in [1.29, 1.82) is 5.26 Å². The average molecular weight is 457 g/mol. The number of benzene rings is 2. The molecular weight excluding hydrogens is 428 g/mol. The number of anilines is 1. The molecule has 0 radical (unpaired) electrons. The van der Waals surface area contributed by atoms with Gasteiger partial charge in [0, 0.05) is 38.9 Å². The molecule has 2 aromatic carbocycles. The van der Waals surface area contributed by atoms with Crippen LogP contribution in [0.15, 0.2) is 66.9 Å². The Hall–Kier alpha value is -3.89. The monoisotopic (exact) mass is 456 g/mol. The van der Waals surface area contributed by atoms with Crippen LogP contribution in [0.5, 0.6) is 5.75 Å². The lowest BCUT2D eigenvalue weighted by Crippen LogP contribution is -2.46. The number of carbonyl (C=O) groups is 1. The number of nitriles is 1. The number of hydrogen-bond donors (Lipinski definition) is 0. The minimum absolute atomic E-state index is 0.119. The third-order valence-electron chi connectivity index (χ3n) is 5.80. The molecule has 0 aliphatic carbocycles. The molecule has 7 nitrogen and oxygen atoms in total. The largest absolute Gasteiger partial charge is 0.482 e. The van der Waals surface area contributed by atoms with Gasteiger partial charge in [-0.05, 0) is 60.0 Å². The highest BCUT2D eigenvalue weighted by molar-refractivity contribution is 5.72. The number of aromatic nitrogens is 1. The molecule has 2 heterocycles. The van der Waals surface area contributed by atoms with Crippen LogP contribution in [-0.2, 0) is 16.1 Å². The fourth-order valence-electron chi connectivity index (χ4n) is 4.06. The van der Waals surface area contributed by atoms with Crippen LogP contribution in [0, 0.1) is 11.3 Å². The van der Waals surface area contributed by atoms with E-state index in [1.165, 1.54) is 0 Å². The second-order valence-electron chi connectivity index (χ2n) is 8.05. The molecule has 0 amide bonds. The first kappa shape index (κ1) is 23.3. The number of pyridine rings is 1. The number of piperazine rings is 1. The number of rotatable bonds is 8. The van der Waals surface area contributed by atoms with Gasteiger partial charge in [0.05, 0.1) is 18.2 Å². The number of hydrogen-bond acceptors (Lipinski definition) is 7. The molecule has 0 bridgehead atoms. The van der Waals surface area contributed by atoms with Crippen molar-refractivity contribution in [2.24, 2.45) is 0 Å². The number of esters is 1. The second-order valence-corrected chi connectivity index (χ2v) is 8.05. The third kappa shape index (κ3) is 5.91. The fraction of sp³-hybridized carbons (Fsp3) is 0.296. The predicted molar refractivity (Wildman–Crippen MR) is 130 cm³/mol. The number of nitrogens with zero attached hydrogens (tertiary/aromatic N) is 4. The van der Waals surface area contributed by atoms with E-state index in [0.717, 1.165) is 55.2 Å². The average Bonchev–Trinajstić information content (AvgIpc) is 2.89. The van der Waals surface area contributed by atoms with E-state index in [1.807, 2.05) is 66.9 Å². The van der Waals surface area contributed by atoms with Crippen LogP contribution >= 0.6 is 0 Å². The molecule has 4 rings (SSSR count).